The number of H-pyrrole nitrogens is 1. The smallest absolute Gasteiger partial charge is 0.105 e. The average Bonchev–Trinajstić information content (AvgIpc) is 2.98. The summed E-state index contributed by atoms with van der Waals surface area (Å²) in [6.45, 7) is 1.99. The van der Waals surface area contributed by atoms with Crippen LogP contribution in [0.15, 0.2) is 47.4 Å². The van der Waals surface area contributed by atoms with Crippen LogP contribution in [0.4, 0.5) is 0 Å². The van der Waals surface area contributed by atoms with Gasteiger partial charge in [0.2, 0.25) is 0 Å². The van der Waals surface area contributed by atoms with Crippen molar-refractivity contribution in [1.82, 2.24) is 15.2 Å². The monoisotopic (exact) mass is 225 g/mol. The van der Waals surface area contributed by atoms with E-state index in [-0.39, 0.29) is 0 Å². The first-order valence-electron chi connectivity index (χ1n) is 5.35. The molecule has 3 rings (SSSR count). The fourth-order valence-corrected chi connectivity index (χ4v) is 1.86. The fraction of sp³-hybridized carbons (Fsp3) is 0.0769. The minimum Gasteiger partial charge on any atom is -0.472 e. The van der Waals surface area contributed by atoms with Crippen molar-refractivity contribution in [2.45, 2.75) is 6.92 Å². The van der Waals surface area contributed by atoms with Crippen molar-refractivity contribution in [2.24, 2.45) is 0 Å². The molecule has 3 aromatic heterocycles. The van der Waals surface area contributed by atoms with Crippen molar-refractivity contribution < 1.29 is 4.42 Å². The number of rotatable bonds is 2. The number of pyridine rings is 1. The van der Waals surface area contributed by atoms with E-state index < -0.39 is 0 Å². The average molecular weight is 225 g/mol. The number of hydrogen-bond acceptors (Lipinski definition) is 3. The normalized spacial score (nSPS) is 10.6. The second kappa shape index (κ2) is 3.90. The third kappa shape index (κ3) is 1.63. The highest BCUT2D eigenvalue weighted by Crippen LogP contribution is 2.31. The van der Waals surface area contributed by atoms with Gasteiger partial charge in [0.1, 0.15) is 5.69 Å². The maximum absolute atomic E-state index is 5.09. The minimum atomic E-state index is 0.870. The molecule has 0 aromatic carbocycles. The molecule has 0 amide bonds. The largest absolute Gasteiger partial charge is 0.472 e. The molecule has 0 aliphatic heterocycles. The molecule has 0 fully saturated rings. The summed E-state index contributed by atoms with van der Waals surface area (Å²) in [5.74, 6) is 0. The Morgan fingerprint density at radius 2 is 2.18 bits per heavy atom. The van der Waals surface area contributed by atoms with Crippen molar-refractivity contribution >= 4 is 0 Å². The number of aromatic nitrogens is 3. The van der Waals surface area contributed by atoms with Crippen LogP contribution in [-0.4, -0.2) is 15.2 Å². The van der Waals surface area contributed by atoms with E-state index in [0.29, 0.717) is 0 Å². The van der Waals surface area contributed by atoms with Crippen molar-refractivity contribution in [1.29, 1.82) is 0 Å². The molecule has 0 radical (unpaired) electrons. The first-order chi connectivity index (χ1) is 8.36. The SMILES string of the molecule is Cc1[nH]nc(-c2ccoc2)c1-c1ccccn1. The molecule has 0 atom stereocenters. The summed E-state index contributed by atoms with van der Waals surface area (Å²) in [5, 5.41) is 7.30. The Bertz CT molecular complexity index is 611. The number of furan rings is 1. The Morgan fingerprint density at radius 3 is 2.88 bits per heavy atom. The second-order valence-electron chi connectivity index (χ2n) is 3.80. The Hall–Kier alpha value is -2.36. The summed E-state index contributed by atoms with van der Waals surface area (Å²) in [7, 11) is 0. The van der Waals surface area contributed by atoms with Gasteiger partial charge in [-0.05, 0) is 25.1 Å². The highest BCUT2D eigenvalue weighted by Gasteiger charge is 2.15. The lowest BCUT2D eigenvalue weighted by Gasteiger charge is -2.00. The molecule has 4 nitrogen and oxygen atoms in total. The molecule has 84 valence electrons. The predicted molar refractivity (Wildman–Crippen MR) is 64.3 cm³/mol. The van der Waals surface area contributed by atoms with Gasteiger partial charge < -0.3 is 4.42 Å². The maximum atomic E-state index is 5.09. The van der Waals surface area contributed by atoms with E-state index in [1.54, 1.807) is 18.7 Å². The lowest BCUT2D eigenvalue weighted by molar-refractivity contribution is 0.568. The van der Waals surface area contributed by atoms with Crippen LogP contribution >= 0.6 is 0 Å². The lowest BCUT2D eigenvalue weighted by atomic mass is 10.1. The van der Waals surface area contributed by atoms with Crippen LogP contribution in [0.1, 0.15) is 5.69 Å². The van der Waals surface area contributed by atoms with Crippen LogP contribution in [0.3, 0.4) is 0 Å². The quantitative estimate of drug-likeness (QED) is 0.729. The molecular formula is C13H11N3O. The van der Waals surface area contributed by atoms with Gasteiger partial charge in [0.25, 0.3) is 0 Å². The fourth-order valence-electron chi connectivity index (χ4n) is 1.86. The lowest BCUT2D eigenvalue weighted by Crippen LogP contribution is -1.85. The van der Waals surface area contributed by atoms with Gasteiger partial charge in [0.05, 0.1) is 18.2 Å². The number of aryl methyl sites for hydroxylation is 1. The van der Waals surface area contributed by atoms with Crippen LogP contribution in [0.2, 0.25) is 0 Å². The zero-order chi connectivity index (χ0) is 11.7. The Morgan fingerprint density at radius 1 is 1.24 bits per heavy atom. The first kappa shape index (κ1) is 9.84. The van der Waals surface area contributed by atoms with Crippen molar-refractivity contribution in [3.05, 3.63) is 48.7 Å². The summed E-state index contributed by atoms with van der Waals surface area (Å²) in [6.07, 6.45) is 5.10. The molecule has 0 saturated heterocycles. The van der Waals surface area contributed by atoms with Gasteiger partial charge in [0, 0.05) is 23.0 Å². The highest BCUT2D eigenvalue weighted by molar-refractivity contribution is 5.80. The van der Waals surface area contributed by atoms with Gasteiger partial charge in [0.15, 0.2) is 0 Å². The van der Waals surface area contributed by atoms with Crippen LogP contribution < -0.4 is 0 Å². The standard InChI is InChI=1S/C13H11N3O/c1-9-12(11-4-2-3-6-14-11)13(16-15-9)10-5-7-17-8-10/h2-8H,1H3,(H,15,16). The van der Waals surface area contributed by atoms with E-state index in [0.717, 1.165) is 28.2 Å². The summed E-state index contributed by atoms with van der Waals surface area (Å²) < 4.78 is 5.09. The van der Waals surface area contributed by atoms with Crippen molar-refractivity contribution in [3.8, 4) is 22.5 Å². The van der Waals surface area contributed by atoms with Crippen molar-refractivity contribution in [3.63, 3.8) is 0 Å². The molecule has 0 aliphatic carbocycles. The zero-order valence-corrected chi connectivity index (χ0v) is 9.34. The molecule has 0 aliphatic rings. The maximum Gasteiger partial charge on any atom is 0.105 e. The molecule has 0 spiro atoms. The topological polar surface area (TPSA) is 54.7 Å². The summed E-state index contributed by atoms with van der Waals surface area (Å²) in [6, 6.07) is 7.73. The third-order valence-corrected chi connectivity index (χ3v) is 2.66. The van der Waals surface area contributed by atoms with E-state index in [2.05, 4.69) is 15.2 Å². The summed E-state index contributed by atoms with van der Waals surface area (Å²) >= 11 is 0. The third-order valence-electron chi connectivity index (χ3n) is 2.66. The van der Waals surface area contributed by atoms with Gasteiger partial charge in [-0.1, -0.05) is 6.07 Å². The van der Waals surface area contributed by atoms with E-state index in [1.165, 1.54) is 0 Å². The summed E-state index contributed by atoms with van der Waals surface area (Å²) in [4.78, 5) is 4.36. The molecule has 3 heterocycles. The van der Waals surface area contributed by atoms with Gasteiger partial charge in [-0.25, -0.2) is 0 Å². The molecule has 17 heavy (non-hydrogen) atoms. The van der Waals surface area contributed by atoms with E-state index >= 15 is 0 Å². The number of nitrogens with one attached hydrogen (secondary N) is 1. The van der Waals surface area contributed by atoms with Gasteiger partial charge in [-0.15, -0.1) is 0 Å². The molecule has 0 saturated carbocycles. The Kier molecular flexibility index (Phi) is 2.26. The van der Waals surface area contributed by atoms with Gasteiger partial charge >= 0.3 is 0 Å². The Labute approximate surface area is 98.3 Å². The van der Waals surface area contributed by atoms with E-state index in [4.69, 9.17) is 4.42 Å². The van der Waals surface area contributed by atoms with Gasteiger partial charge in [-0.2, -0.15) is 5.10 Å². The summed E-state index contributed by atoms with van der Waals surface area (Å²) in [5.41, 5.74) is 4.76. The van der Waals surface area contributed by atoms with Crippen LogP contribution in [-0.2, 0) is 0 Å². The minimum absolute atomic E-state index is 0.870. The van der Waals surface area contributed by atoms with Crippen LogP contribution in [0.5, 0.6) is 0 Å². The zero-order valence-electron chi connectivity index (χ0n) is 9.34. The second-order valence-corrected chi connectivity index (χ2v) is 3.80. The Balaban J connectivity index is 2.20. The number of nitrogens with zero attached hydrogens (tertiary/aromatic N) is 2. The van der Waals surface area contributed by atoms with Crippen LogP contribution in [0.25, 0.3) is 22.5 Å². The van der Waals surface area contributed by atoms with Crippen LogP contribution in [0, 0.1) is 6.92 Å². The molecule has 4 heteroatoms. The highest BCUT2D eigenvalue weighted by atomic mass is 16.3. The molecule has 0 bridgehead atoms. The molecule has 3 aromatic rings. The molecular weight excluding hydrogens is 214 g/mol. The van der Waals surface area contributed by atoms with Gasteiger partial charge in [-0.3, -0.25) is 10.1 Å². The predicted octanol–water partition coefficient (Wildman–Crippen LogP) is 3.04. The molecule has 0 unspecified atom stereocenters. The number of aromatic amines is 1. The van der Waals surface area contributed by atoms with E-state index in [1.807, 2.05) is 31.2 Å². The van der Waals surface area contributed by atoms with E-state index in [9.17, 15) is 0 Å². The molecule has 1 N–H and O–H groups in total. The van der Waals surface area contributed by atoms with Crippen molar-refractivity contribution in [2.75, 3.05) is 0 Å². The number of hydrogen-bond donors (Lipinski definition) is 1. The first-order valence-corrected chi connectivity index (χ1v) is 5.35.